The highest BCUT2D eigenvalue weighted by Gasteiger charge is 2.83. The number of hydrogen-bond acceptors (Lipinski definition) is 8. The Hall–Kier alpha value is -1.68. The molecule has 8 nitrogen and oxygen atoms in total. The second-order valence-corrected chi connectivity index (χ2v) is 19.5. The van der Waals surface area contributed by atoms with Crippen LogP contribution < -0.4 is 5.32 Å². The fraction of sp³-hybridized carbons (Fsp3) is 0.800. The Kier molecular flexibility index (Phi) is 6.87. The van der Waals surface area contributed by atoms with Crippen molar-refractivity contribution in [3.8, 4) is 0 Å². The third kappa shape index (κ3) is 3.99. The maximum atomic E-state index is 13.9. The first-order valence-electron chi connectivity index (χ1n) is 16.8. The number of halogens is 1. The van der Waals surface area contributed by atoms with E-state index < -0.39 is 22.7 Å². The molecule has 2 bridgehead atoms. The second kappa shape index (κ2) is 9.70. The molecule has 0 radical (unpaired) electrons. The zero-order valence-corrected chi connectivity index (χ0v) is 30.0. The van der Waals surface area contributed by atoms with Crippen LogP contribution in [0.2, 0.25) is 0 Å². The average molecular weight is 704 g/mol. The number of esters is 1. The molecule has 0 aromatic carbocycles. The van der Waals surface area contributed by atoms with Crippen molar-refractivity contribution in [2.24, 2.45) is 55.4 Å². The summed E-state index contributed by atoms with van der Waals surface area (Å²) >= 11 is 4.96. The minimum atomic E-state index is -0.756. The molecule has 246 valence electrons. The van der Waals surface area contributed by atoms with Crippen LogP contribution in [0.15, 0.2) is 16.1 Å². The van der Waals surface area contributed by atoms with Crippen molar-refractivity contribution in [1.29, 1.82) is 0 Å². The molecule has 10 heteroatoms. The maximum Gasteiger partial charge on any atom is 0.359 e. The molecule has 0 unspecified atom stereocenters. The van der Waals surface area contributed by atoms with Gasteiger partial charge in [0, 0.05) is 22.8 Å². The fourth-order valence-electron chi connectivity index (χ4n) is 12.4. The summed E-state index contributed by atoms with van der Waals surface area (Å²) in [5, 5.41) is 6.03. The lowest BCUT2D eigenvalue weighted by atomic mass is 9.31. The Morgan fingerprint density at radius 1 is 0.978 bits per heavy atom. The molecule has 0 aromatic heterocycles. The molecular weight excluding hydrogens is 656 g/mol. The summed E-state index contributed by atoms with van der Waals surface area (Å²) in [6.07, 6.45) is 10.8. The Labute approximate surface area is 279 Å². The van der Waals surface area contributed by atoms with Crippen LogP contribution in [0.25, 0.3) is 0 Å². The van der Waals surface area contributed by atoms with Gasteiger partial charge in [-0.15, -0.1) is 0 Å². The fourth-order valence-corrected chi connectivity index (χ4v) is 14.3. The van der Waals surface area contributed by atoms with E-state index in [-0.39, 0.29) is 54.1 Å². The molecule has 7 rings (SSSR count). The highest BCUT2D eigenvalue weighted by atomic mass is 79.9. The molecule has 2 aliphatic heterocycles. The summed E-state index contributed by atoms with van der Waals surface area (Å²) in [5.41, 5.74) is -0.174. The number of nitrogens with one attached hydrogen (secondary N) is 1. The van der Waals surface area contributed by atoms with E-state index in [0.29, 0.717) is 30.0 Å². The largest absolute Gasteiger partial charge is 0.457 e. The van der Waals surface area contributed by atoms with Crippen molar-refractivity contribution >= 4 is 56.5 Å². The van der Waals surface area contributed by atoms with E-state index in [0.717, 1.165) is 69.6 Å². The van der Waals surface area contributed by atoms with Crippen LogP contribution in [0.4, 0.5) is 4.79 Å². The Bertz CT molecular complexity index is 1470. The number of carbonyl (C=O) groups is 4. The van der Waals surface area contributed by atoms with Crippen LogP contribution in [0.5, 0.6) is 0 Å². The number of oxime groups is 1. The van der Waals surface area contributed by atoms with Crippen LogP contribution in [-0.2, 0) is 24.0 Å². The van der Waals surface area contributed by atoms with E-state index >= 15 is 0 Å². The predicted molar refractivity (Wildman–Crippen MR) is 175 cm³/mol. The maximum absolute atomic E-state index is 13.9. The van der Waals surface area contributed by atoms with Crippen LogP contribution in [0.1, 0.15) is 113 Å². The van der Waals surface area contributed by atoms with Gasteiger partial charge in [0.05, 0.1) is 20.9 Å². The number of thioether (sulfide) groups is 1. The molecule has 45 heavy (non-hydrogen) atoms. The molecule has 5 saturated carbocycles. The second-order valence-electron chi connectivity index (χ2n) is 17.4. The average Bonchev–Trinajstić information content (AvgIpc) is 3.35. The lowest BCUT2D eigenvalue weighted by Crippen LogP contribution is -2.75. The van der Waals surface area contributed by atoms with Crippen LogP contribution in [0, 0.1) is 50.2 Å². The Morgan fingerprint density at radius 3 is 2.38 bits per heavy atom. The van der Waals surface area contributed by atoms with Gasteiger partial charge >= 0.3 is 11.9 Å². The van der Waals surface area contributed by atoms with Gasteiger partial charge in [-0.3, -0.25) is 19.7 Å². The zero-order valence-electron chi connectivity index (χ0n) is 27.6. The number of ether oxygens (including phenoxy) is 1. The molecular formula is C35H47BrN2O6S. The van der Waals surface area contributed by atoms with Crippen molar-refractivity contribution in [2.75, 3.05) is 0 Å². The number of hydrogen-bond donors (Lipinski definition) is 1. The van der Waals surface area contributed by atoms with E-state index in [1.807, 2.05) is 0 Å². The van der Waals surface area contributed by atoms with Crippen molar-refractivity contribution in [3.63, 3.8) is 0 Å². The number of nitrogens with zero attached hydrogens (tertiary/aromatic N) is 1. The molecule has 7 aliphatic rings. The number of amides is 2. The first-order chi connectivity index (χ1) is 20.9. The zero-order chi connectivity index (χ0) is 32.6. The van der Waals surface area contributed by atoms with Gasteiger partial charge in [0.1, 0.15) is 5.60 Å². The standard InChI is InChI=1S/C35H47BrN2O6S/c1-29(2)12-14-34-15-13-33(7)32(6)11-8-20-30(3,4)24(38-44-25(39)16-19-26(40)37-28(42)45-19)9-10-31(20,5)21(32)17-23(36)35(33,22(34)18-29)43-27(34)41/h16,20-23H,8-15,17-18H2,1-7H3,(H,37,40,42)/b19-16-,38-24-/t20-,21-,22-,23+,31+,32-,33+,34+,35-/m1/s1. The Balaban J connectivity index is 1.19. The molecule has 1 N–H and O–H groups in total. The molecule has 1 spiro atoms. The summed E-state index contributed by atoms with van der Waals surface area (Å²) in [5.74, 6) is -0.276. The van der Waals surface area contributed by atoms with Gasteiger partial charge in [-0.25, -0.2) is 4.79 Å². The SMILES string of the molecule is CC1(C)CC[C@@]23CC[C@]4(C)[C@@](OC2=O)([C@@H]3C1)[C@@H](Br)C[C@@H]1[C@@]2(C)CC/C(=N/OC(=O)/C=C3\SC(=O)NC3=O)C(C)(C)[C@H]2CC[C@]14C. The third-order valence-corrected chi connectivity index (χ3v) is 16.8. The van der Waals surface area contributed by atoms with Gasteiger partial charge < -0.3 is 9.57 Å². The molecule has 2 saturated heterocycles. The minimum Gasteiger partial charge on any atom is -0.457 e. The first kappa shape index (κ1) is 31.9. The normalized spacial score (nSPS) is 49.4. The van der Waals surface area contributed by atoms with Crippen LogP contribution >= 0.6 is 27.7 Å². The van der Waals surface area contributed by atoms with E-state index in [4.69, 9.17) is 9.57 Å². The summed E-state index contributed by atoms with van der Waals surface area (Å²) < 4.78 is 6.88. The van der Waals surface area contributed by atoms with Gasteiger partial charge in [0.2, 0.25) is 0 Å². The number of fused-ring (bicyclic) bond motifs is 4. The molecule has 0 aromatic rings. The molecule has 9 atom stereocenters. The quantitative estimate of drug-likeness (QED) is 0.103. The van der Waals surface area contributed by atoms with Gasteiger partial charge in [-0.2, -0.15) is 0 Å². The number of imide groups is 1. The molecule has 2 heterocycles. The van der Waals surface area contributed by atoms with E-state index in [1.54, 1.807) is 0 Å². The third-order valence-electron chi connectivity index (χ3n) is 14.9. The van der Waals surface area contributed by atoms with Crippen molar-refractivity contribution in [2.45, 2.75) is 123 Å². The van der Waals surface area contributed by atoms with Gasteiger partial charge in [-0.1, -0.05) is 69.6 Å². The lowest BCUT2D eigenvalue weighted by Gasteiger charge is -2.74. The van der Waals surface area contributed by atoms with Gasteiger partial charge in [0.25, 0.3) is 11.1 Å². The predicted octanol–water partition coefficient (Wildman–Crippen LogP) is 7.69. The van der Waals surface area contributed by atoms with Crippen LogP contribution in [-0.4, -0.2) is 39.2 Å². The number of rotatable bonds is 2. The van der Waals surface area contributed by atoms with Gasteiger partial charge in [-0.05, 0) is 104 Å². The number of alkyl halides is 1. The smallest absolute Gasteiger partial charge is 0.359 e. The Morgan fingerprint density at radius 2 is 1.69 bits per heavy atom. The summed E-state index contributed by atoms with van der Waals surface area (Å²) in [6, 6.07) is 0. The minimum absolute atomic E-state index is 0.00121. The monoisotopic (exact) mass is 702 g/mol. The summed E-state index contributed by atoms with van der Waals surface area (Å²) in [6.45, 7) is 16.7. The molecule has 5 aliphatic carbocycles. The van der Waals surface area contributed by atoms with Crippen LogP contribution in [0.3, 0.4) is 0 Å². The van der Waals surface area contributed by atoms with Crippen molar-refractivity contribution in [1.82, 2.24) is 5.32 Å². The topological polar surface area (TPSA) is 111 Å². The van der Waals surface area contributed by atoms with E-state index in [2.05, 4.69) is 74.9 Å². The summed E-state index contributed by atoms with van der Waals surface area (Å²) in [4.78, 5) is 55.3. The molecule has 2 amide bonds. The molecule has 7 fully saturated rings. The van der Waals surface area contributed by atoms with Gasteiger partial charge in [0.15, 0.2) is 0 Å². The highest BCUT2D eigenvalue weighted by Crippen LogP contribution is 2.81. The summed E-state index contributed by atoms with van der Waals surface area (Å²) in [7, 11) is 0. The van der Waals surface area contributed by atoms with E-state index in [9.17, 15) is 19.2 Å². The highest BCUT2D eigenvalue weighted by molar-refractivity contribution is 9.09. The number of carbonyl (C=O) groups excluding carboxylic acids is 4. The van der Waals surface area contributed by atoms with Crippen molar-refractivity contribution < 1.29 is 28.8 Å². The van der Waals surface area contributed by atoms with Crippen molar-refractivity contribution in [3.05, 3.63) is 11.0 Å². The lowest BCUT2D eigenvalue weighted by molar-refractivity contribution is -0.272. The first-order valence-corrected chi connectivity index (χ1v) is 18.5. The van der Waals surface area contributed by atoms with E-state index in [1.165, 1.54) is 0 Å².